The molecule has 2 rings (SSSR count). The van der Waals surface area contributed by atoms with Gasteiger partial charge in [0.25, 0.3) is 5.91 Å². The van der Waals surface area contributed by atoms with E-state index in [1.165, 1.54) is 0 Å². The number of halogens is 1. The normalized spacial score (nSPS) is 11.1. The van der Waals surface area contributed by atoms with Gasteiger partial charge >= 0.3 is 0 Å². The van der Waals surface area contributed by atoms with Crippen LogP contribution in [0.1, 0.15) is 29.8 Å². The quantitative estimate of drug-likeness (QED) is 0.922. The molecule has 0 bridgehead atoms. The SMILES string of the molecule is CN(C)c1cccc(C(=O)NC(C)(C)c2cccc(Cl)c2)c1. The second-order valence-corrected chi connectivity index (χ2v) is 6.47. The topological polar surface area (TPSA) is 32.3 Å². The van der Waals surface area contributed by atoms with E-state index < -0.39 is 5.54 Å². The lowest BCUT2D eigenvalue weighted by Crippen LogP contribution is -2.41. The maximum absolute atomic E-state index is 12.5. The Morgan fingerprint density at radius 3 is 2.41 bits per heavy atom. The summed E-state index contributed by atoms with van der Waals surface area (Å²) in [7, 11) is 3.90. The summed E-state index contributed by atoms with van der Waals surface area (Å²) in [5, 5.41) is 3.73. The first-order valence-electron chi connectivity index (χ1n) is 7.15. The van der Waals surface area contributed by atoms with Gasteiger partial charge in [-0.05, 0) is 49.7 Å². The van der Waals surface area contributed by atoms with E-state index in [-0.39, 0.29) is 5.91 Å². The zero-order valence-electron chi connectivity index (χ0n) is 13.4. The van der Waals surface area contributed by atoms with E-state index >= 15 is 0 Å². The molecule has 0 aliphatic heterocycles. The molecule has 0 atom stereocenters. The molecule has 0 saturated carbocycles. The number of anilines is 1. The molecule has 0 spiro atoms. The molecule has 0 aliphatic rings. The van der Waals surface area contributed by atoms with Crippen LogP contribution >= 0.6 is 11.6 Å². The number of hydrogen-bond donors (Lipinski definition) is 1. The van der Waals surface area contributed by atoms with Crippen LogP contribution in [0.5, 0.6) is 0 Å². The van der Waals surface area contributed by atoms with Crippen LogP contribution in [0.2, 0.25) is 5.02 Å². The number of rotatable bonds is 4. The van der Waals surface area contributed by atoms with Crippen molar-refractivity contribution >= 4 is 23.2 Å². The van der Waals surface area contributed by atoms with Crippen molar-refractivity contribution in [3.8, 4) is 0 Å². The molecule has 116 valence electrons. The number of benzene rings is 2. The minimum atomic E-state index is -0.504. The molecule has 2 aromatic carbocycles. The minimum Gasteiger partial charge on any atom is -0.378 e. The Balaban J connectivity index is 2.22. The Kier molecular flexibility index (Phi) is 4.77. The summed E-state index contributed by atoms with van der Waals surface area (Å²) < 4.78 is 0. The average Bonchev–Trinajstić information content (AvgIpc) is 2.47. The van der Waals surface area contributed by atoms with Gasteiger partial charge in [0.05, 0.1) is 5.54 Å². The summed E-state index contributed by atoms with van der Waals surface area (Å²) in [4.78, 5) is 14.5. The molecule has 22 heavy (non-hydrogen) atoms. The number of amides is 1. The largest absolute Gasteiger partial charge is 0.378 e. The predicted octanol–water partition coefficient (Wildman–Crippen LogP) is 4.07. The molecule has 0 unspecified atom stereocenters. The van der Waals surface area contributed by atoms with Gasteiger partial charge in [0.2, 0.25) is 0 Å². The van der Waals surface area contributed by atoms with E-state index in [1.54, 1.807) is 0 Å². The summed E-state index contributed by atoms with van der Waals surface area (Å²) in [6.45, 7) is 3.93. The van der Waals surface area contributed by atoms with E-state index in [9.17, 15) is 4.79 Å². The molecular formula is C18H21ClN2O. The zero-order valence-corrected chi connectivity index (χ0v) is 14.1. The van der Waals surface area contributed by atoms with Crippen molar-refractivity contribution < 1.29 is 4.79 Å². The Bertz CT molecular complexity index is 680. The van der Waals surface area contributed by atoms with Crippen molar-refractivity contribution in [1.29, 1.82) is 0 Å². The first kappa shape index (κ1) is 16.4. The Hall–Kier alpha value is -2.00. The van der Waals surface area contributed by atoms with E-state index in [1.807, 2.05) is 81.4 Å². The van der Waals surface area contributed by atoms with E-state index in [0.29, 0.717) is 10.6 Å². The highest BCUT2D eigenvalue weighted by molar-refractivity contribution is 6.30. The van der Waals surface area contributed by atoms with Crippen LogP contribution in [0.25, 0.3) is 0 Å². The second kappa shape index (κ2) is 6.41. The van der Waals surface area contributed by atoms with Crippen LogP contribution in [0.15, 0.2) is 48.5 Å². The van der Waals surface area contributed by atoms with Gasteiger partial charge in [-0.25, -0.2) is 0 Å². The van der Waals surface area contributed by atoms with Crippen LogP contribution in [0.4, 0.5) is 5.69 Å². The van der Waals surface area contributed by atoms with Crippen LogP contribution < -0.4 is 10.2 Å². The second-order valence-electron chi connectivity index (χ2n) is 6.03. The standard InChI is InChI=1S/C18H21ClN2O/c1-18(2,14-8-6-9-15(19)12-14)20-17(22)13-7-5-10-16(11-13)21(3)4/h5-12H,1-4H3,(H,20,22). The van der Waals surface area contributed by atoms with E-state index in [0.717, 1.165) is 11.3 Å². The molecule has 0 saturated heterocycles. The molecule has 1 amide bonds. The highest BCUT2D eigenvalue weighted by Gasteiger charge is 2.23. The van der Waals surface area contributed by atoms with Crippen molar-refractivity contribution in [2.24, 2.45) is 0 Å². The number of carbonyl (C=O) groups excluding carboxylic acids is 1. The third-order valence-electron chi connectivity index (χ3n) is 3.60. The van der Waals surface area contributed by atoms with E-state index in [4.69, 9.17) is 11.6 Å². The van der Waals surface area contributed by atoms with Crippen molar-refractivity contribution in [3.63, 3.8) is 0 Å². The number of carbonyl (C=O) groups is 1. The number of hydrogen-bond acceptors (Lipinski definition) is 2. The molecule has 4 heteroatoms. The fourth-order valence-electron chi connectivity index (χ4n) is 2.23. The van der Waals surface area contributed by atoms with Crippen molar-refractivity contribution in [3.05, 3.63) is 64.7 Å². The highest BCUT2D eigenvalue weighted by Crippen LogP contribution is 2.24. The first-order valence-corrected chi connectivity index (χ1v) is 7.53. The fraction of sp³-hybridized carbons (Fsp3) is 0.278. The van der Waals surface area contributed by atoms with Crippen LogP contribution in [0, 0.1) is 0 Å². The zero-order chi connectivity index (χ0) is 16.3. The summed E-state index contributed by atoms with van der Waals surface area (Å²) in [6, 6.07) is 15.1. The van der Waals surface area contributed by atoms with Crippen LogP contribution in [-0.4, -0.2) is 20.0 Å². The smallest absolute Gasteiger partial charge is 0.252 e. The monoisotopic (exact) mass is 316 g/mol. The molecular weight excluding hydrogens is 296 g/mol. The van der Waals surface area contributed by atoms with Gasteiger partial charge in [-0.15, -0.1) is 0 Å². The highest BCUT2D eigenvalue weighted by atomic mass is 35.5. The van der Waals surface area contributed by atoms with Crippen molar-refractivity contribution in [2.75, 3.05) is 19.0 Å². The molecule has 0 aromatic heterocycles. The van der Waals surface area contributed by atoms with Gasteiger partial charge in [0, 0.05) is 30.4 Å². The molecule has 0 fully saturated rings. The molecule has 0 heterocycles. The average molecular weight is 317 g/mol. The summed E-state index contributed by atoms with van der Waals surface area (Å²) >= 11 is 6.04. The van der Waals surface area contributed by atoms with Crippen molar-refractivity contribution in [1.82, 2.24) is 5.32 Å². The third-order valence-corrected chi connectivity index (χ3v) is 3.83. The Labute approximate surface area is 136 Å². The first-order chi connectivity index (χ1) is 10.3. The van der Waals surface area contributed by atoms with E-state index in [2.05, 4.69) is 5.32 Å². The number of nitrogens with one attached hydrogen (secondary N) is 1. The maximum atomic E-state index is 12.5. The molecule has 0 aliphatic carbocycles. The maximum Gasteiger partial charge on any atom is 0.252 e. The van der Waals surface area contributed by atoms with Crippen molar-refractivity contribution in [2.45, 2.75) is 19.4 Å². The third kappa shape index (κ3) is 3.80. The fourth-order valence-corrected chi connectivity index (χ4v) is 2.42. The van der Waals surface area contributed by atoms with Gasteiger partial charge in [-0.3, -0.25) is 4.79 Å². The number of nitrogens with zero attached hydrogens (tertiary/aromatic N) is 1. The van der Waals surface area contributed by atoms with Gasteiger partial charge in [-0.2, -0.15) is 0 Å². The van der Waals surface area contributed by atoms with Gasteiger partial charge in [0.15, 0.2) is 0 Å². The molecule has 1 N–H and O–H groups in total. The molecule has 3 nitrogen and oxygen atoms in total. The lowest BCUT2D eigenvalue weighted by molar-refractivity contribution is 0.0912. The molecule has 2 aromatic rings. The summed E-state index contributed by atoms with van der Waals surface area (Å²) in [5.41, 5.74) is 2.10. The molecule has 0 radical (unpaired) electrons. The predicted molar refractivity (Wildman–Crippen MR) is 92.7 cm³/mol. The lowest BCUT2D eigenvalue weighted by atomic mass is 9.94. The van der Waals surface area contributed by atoms with Gasteiger partial charge < -0.3 is 10.2 Å². The van der Waals surface area contributed by atoms with Crippen LogP contribution in [0.3, 0.4) is 0 Å². The summed E-state index contributed by atoms with van der Waals surface area (Å²) in [6.07, 6.45) is 0. The minimum absolute atomic E-state index is 0.103. The van der Waals surface area contributed by atoms with Crippen LogP contribution in [-0.2, 0) is 5.54 Å². The summed E-state index contributed by atoms with van der Waals surface area (Å²) in [5.74, 6) is -0.103. The Morgan fingerprint density at radius 2 is 1.77 bits per heavy atom. The van der Waals surface area contributed by atoms with Gasteiger partial charge in [-0.1, -0.05) is 29.8 Å². The van der Waals surface area contributed by atoms with Gasteiger partial charge in [0.1, 0.15) is 0 Å². The Morgan fingerprint density at radius 1 is 1.09 bits per heavy atom. The lowest BCUT2D eigenvalue weighted by Gasteiger charge is -2.27.